The van der Waals surface area contributed by atoms with E-state index in [2.05, 4.69) is 63.4 Å². The van der Waals surface area contributed by atoms with Gasteiger partial charge >= 0.3 is 0 Å². The maximum atomic E-state index is 14.0. The van der Waals surface area contributed by atoms with Crippen LogP contribution in [-0.2, 0) is 18.4 Å². The Morgan fingerprint density at radius 2 is 2.06 bits per heavy atom. The van der Waals surface area contributed by atoms with Crippen molar-refractivity contribution >= 4 is 17.5 Å². The summed E-state index contributed by atoms with van der Waals surface area (Å²) in [4.78, 5) is 27.8. The number of likely N-dealkylation sites (N-methyl/N-ethyl adjacent to an activating group) is 1. The summed E-state index contributed by atoms with van der Waals surface area (Å²) in [5, 5.41) is 7.43. The lowest BCUT2D eigenvalue weighted by molar-refractivity contribution is -0.139. The molecule has 34 heavy (non-hydrogen) atoms. The summed E-state index contributed by atoms with van der Waals surface area (Å²) in [6.07, 6.45) is 7.49. The zero-order valence-corrected chi connectivity index (χ0v) is 20.0. The molecule has 2 fully saturated rings. The molecule has 0 unspecified atom stereocenters. The molecule has 8 heteroatoms. The molecule has 1 aromatic carbocycles. The molecule has 8 nitrogen and oxygen atoms in total. The molecular weight excluding hydrogens is 426 g/mol. The highest BCUT2D eigenvalue weighted by Gasteiger charge is 2.51. The molecule has 2 aromatic heterocycles. The highest BCUT2D eigenvalue weighted by atomic mass is 16.2. The van der Waals surface area contributed by atoms with Crippen LogP contribution >= 0.6 is 0 Å². The fourth-order valence-electron chi connectivity index (χ4n) is 5.78. The Morgan fingerprint density at radius 1 is 1.18 bits per heavy atom. The molecule has 0 spiro atoms. The van der Waals surface area contributed by atoms with Crippen LogP contribution in [0.5, 0.6) is 0 Å². The van der Waals surface area contributed by atoms with Gasteiger partial charge in [-0.2, -0.15) is 5.10 Å². The van der Waals surface area contributed by atoms with E-state index in [4.69, 9.17) is 4.98 Å². The average Bonchev–Trinajstić information content (AvgIpc) is 3.53. The summed E-state index contributed by atoms with van der Waals surface area (Å²) < 4.78 is 1.74. The molecule has 1 N–H and O–H groups in total. The van der Waals surface area contributed by atoms with E-state index in [1.54, 1.807) is 10.9 Å². The monoisotopic (exact) mass is 457 g/mol. The van der Waals surface area contributed by atoms with Gasteiger partial charge in [0.15, 0.2) is 0 Å². The number of nitrogens with one attached hydrogen (secondary N) is 1. The summed E-state index contributed by atoms with van der Waals surface area (Å²) >= 11 is 0. The van der Waals surface area contributed by atoms with Crippen molar-refractivity contribution < 1.29 is 4.79 Å². The van der Waals surface area contributed by atoms with E-state index < -0.39 is 0 Å². The lowest BCUT2D eigenvalue weighted by Crippen LogP contribution is -2.47. The molecule has 1 aliphatic carbocycles. The number of aryl methyl sites for hydroxylation is 2. The molecule has 3 aliphatic rings. The number of piperidine rings is 1. The van der Waals surface area contributed by atoms with Crippen LogP contribution in [0.25, 0.3) is 0 Å². The van der Waals surface area contributed by atoms with Gasteiger partial charge in [0.1, 0.15) is 0 Å². The van der Waals surface area contributed by atoms with Crippen molar-refractivity contribution in [3.63, 3.8) is 0 Å². The SMILES string of the molecule is Cc1cccc([C@H]2CN(C)CC[C@@H]2C(=O)N2Cc3nc(Nc4cnn(C)c4)ncc3[C@@H]3C[C@@H]32)c1. The van der Waals surface area contributed by atoms with Crippen LogP contribution in [-0.4, -0.2) is 61.6 Å². The zero-order chi connectivity index (χ0) is 23.4. The number of amides is 1. The highest BCUT2D eigenvalue weighted by Crippen LogP contribution is 2.51. The standard InChI is InChI=1S/C26H31N7O/c1-16-5-4-6-17(9-16)22-14-31(2)8-7-19(22)25(34)33-15-23-21(20-10-24(20)33)12-27-26(30-23)29-18-11-28-32(3)13-18/h4-6,9,11-13,19-20,22,24H,7-8,10,14-15H2,1-3H3,(H,27,29,30)/t19-,20-,22+,24-/m0/s1. The van der Waals surface area contributed by atoms with Crippen molar-refractivity contribution in [3.05, 3.63) is 65.2 Å². The van der Waals surface area contributed by atoms with Crippen LogP contribution in [0.3, 0.4) is 0 Å². The van der Waals surface area contributed by atoms with Crippen LogP contribution in [0.4, 0.5) is 11.6 Å². The molecule has 3 aromatic rings. The minimum absolute atomic E-state index is 0.00984. The molecule has 1 saturated heterocycles. The summed E-state index contributed by atoms with van der Waals surface area (Å²) in [5.41, 5.74) is 5.54. The second kappa shape index (κ2) is 8.20. The van der Waals surface area contributed by atoms with Gasteiger partial charge in [-0.1, -0.05) is 29.8 Å². The third-order valence-corrected chi connectivity index (χ3v) is 7.62. The minimum Gasteiger partial charge on any atom is -0.333 e. The van der Waals surface area contributed by atoms with Crippen molar-refractivity contribution in [2.75, 3.05) is 25.5 Å². The number of likely N-dealkylation sites (tertiary alicyclic amines) is 1. The molecule has 0 radical (unpaired) electrons. The molecular formula is C26H31N7O. The first-order valence-corrected chi connectivity index (χ1v) is 12.1. The van der Waals surface area contributed by atoms with Crippen LogP contribution in [0.2, 0.25) is 0 Å². The highest BCUT2D eigenvalue weighted by molar-refractivity contribution is 5.81. The topological polar surface area (TPSA) is 79.2 Å². The summed E-state index contributed by atoms with van der Waals surface area (Å²) in [6.45, 7) is 4.56. The van der Waals surface area contributed by atoms with Crippen LogP contribution in [0.1, 0.15) is 47.1 Å². The van der Waals surface area contributed by atoms with E-state index >= 15 is 0 Å². The fourth-order valence-corrected chi connectivity index (χ4v) is 5.78. The first-order chi connectivity index (χ1) is 16.5. The van der Waals surface area contributed by atoms with Gasteiger partial charge in [0.25, 0.3) is 0 Å². The molecule has 4 heterocycles. The van der Waals surface area contributed by atoms with Gasteiger partial charge in [-0.05, 0) is 44.5 Å². The van der Waals surface area contributed by atoms with Crippen LogP contribution < -0.4 is 5.32 Å². The van der Waals surface area contributed by atoms with Crippen molar-refractivity contribution in [3.8, 4) is 0 Å². The Bertz CT molecular complexity index is 1240. The van der Waals surface area contributed by atoms with Crippen molar-refractivity contribution in [1.29, 1.82) is 0 Å². The second-order valence-corrected chi connectivity index (χ2v) is 10.2. The number of anilines is 2. The van der Waals surface area contributed by atoms with E-state index in [-0.39, 0.29) is 17.7 Å². The van der Waals surface area contributed by atoms with Crippen molar-refractivity contribution in [2.24, 2.45) is 13.0 Å². The molecule has 176 valence electrons. The Kier molecular flexibility index (Phi) is 5.13. The quantitative estimate of drug-likeness (QED) is 0.648. The molecule has 2 aliphatic heterocycles. The van der Waals surface area contributed by atoms with Crippen molar-refractivity contribution in [1.82, 2.24) is 29.5 Å². The largest absolute Gasteiger partial charge is 0.333 e. The predicted octanol–water partition coefficient (Wildman–Crippen LogP) is 3.20. The molecule has 0 bridgehead atoms. The van der Waals surface area contributed by atoms with Gasteiger partial charge in [0.2, 0.25) is 11.9 Å². The maximum absolute atomic E-state index is 14.0. The number of carbonyl (C=O) groups excluding carboxylic acids is 1. The van der Waals surface area contributed by atoms with Gasteiger partial charge in [0.05, 0.1) is 24.1 Å². The first kappa shape index (κ1) is 21.3. The Hall–Kier alpha value is -3.26. The Balaban J connectivity index is 1.25. The van der Waals surface area contributed by atoms with E-state index in [1.165, 1.54) is 16.7 Å². The molecule has 4 atom stereocenters. The summed E-state index contributed by atoms with van der Waals surface area (Å²) in [7, 11) is 4.04. The van der Waals surface area contributed by atoms with Gasteiger partial charge < -0.3 is 15.1 Å². The van der Waals surface area contributed by atoms with Crippen LogP contribution in [0, 0.1) is 12.8 Å². The molecule has 1 amide bonds. The van der Waals surface area contributed by atoms with E-state index in [1.807, 2.05) is 19.4 Å². The van der Waals surface area contributed by atoms with Crippen molar-refractivity contribution in [2.45, 2.75) is 44.2 Å². The number of fused-ring (bicyclic) bond motifs is 3. The molecule has 1 saturated carbocycles. The summed E-state index contributed by atoms with van der Waals surface area (Å²) in [6, 6.07) is 8.96. The average molecular weight is 458 g/mol. The van der Waals surface area contributed by atoms with Gasteiger partial charge in [-0.25, -0.2) is 9.97 Å². The smallest absolute Gasteiger partial charge is 0.227 e. The number of rotatable bonds is 4. The zero-order valence-electron chi connectivity index (χ0n) is 20.0. The number of aromatic nitrogens is 4. The third kappa shape index (κ3) is 3.86. The van der Waals surface area contributed by atoms with Gasteiger partial charge in [0, 0.05) is 49.8 Å². The maximum Gasteiger partial charge on any atom is 0.227 e. The lowest BCUT2D eigenvalue weighted by Gasteiger charge is -2.40. The number of carbonyl (C=O) groups is 1. The normalized spacial score (nSPS) is 26.0. The number of benzene rings is 1. The van der Waals surface area contributed by atoms with E-state index in [0.29, 0.717) is 24.5 Å². The number of hydrogen-bond donors (Lipinski definition) is 1. The Labute approximate surface area is 200 Å². The van der Waals surface area contributed by atoms with Gasteiger partial charge in [-0.3, -0.25) is 9.48 Å². The third-order valence-electron chi connectivity index (χ3n) is 7.62. The summed E-state index contributed by atoms with van der Waals surface area (Å²) in [5.74, 6) is 1.44. The molecule has 6 rings (SSSR count). The van der Waals surface area contributed by atoms with Gasteiger partial charge in [-0.15, -0.1) is 0 Å². The van der Waals surface area contributed by atoms with E-state index in [9.17, 15) is 4.79 Å². The van der Waals surface area contributed by atoms with Crippen LogP contribution in [0.15, 0.2) is 42.9 Å². The minimum atomic E-state index is 0.00984. The number of nitrogens with zero attached hydrogens (tertiary/aromatic N) is 6. The first-order valence-electron chi connectivity index (χ1n) is 12.1. The fraction of sp³-hybridized carbons (Fsp3) is 0.462. The van der Waals surface area contributed by atoms with E-state index in [0.717, 1.165) is 37.3 Å². The predicted molar refractivity (Wildman–Crippen MR) is 130 cm³/mol. The lowest BCUT2D eigenvalue weighted by atomic mass is 9.79. The Morgan fingerprint density at radius 3 is 2.85 bits per heavy atom. The number of hydrogen-bond acceptors (Lipinski definition) is 6. The second-order valence-electron chi connectivity index (χ2n) is 10.2.